The molecule has 2 rings (SSSR count). The summed E-state index contributed by atoms with van der Waals surface area (Å²) in [5.74, 6) is 0.811. The minimum atomic E-state index is 0.493. The highest BCUT2D eigenvalue weighted by atomic mass is 15.3. The number of nitrogens with zero attached hydrogens (tertiary/aromatic N) is 2. The van der Waals surface area contributed by atoms with Crippen LogP contribution in [-0.4, -0.2) is 30.0 Å². The van der Waals surface area contributed by atoms with Gasteiger partial charge in [0.05, 0.1) is 6.04 Å². The monoisotopic (exact) mass is 251 g/mol. The second-order valence-electron chi connectivity index (χ2n) is 6.16. The number of hydrogen-bond donors (Lipinski definition) is 1. The molecule has 2 aliphatic rings. The largest absolute Gasteiger partial charge is 0.370 e. The van der Waals surface area contributed by atoms with Gasteiger partial charge in [0, 0.05) is 13.1 Å². The Bertz CT molecular complexity index is 288. The van der Waals surface area contributed by atoms with Gasteiger partial charge in [0.15, 0.2) is 5.96 Å². The summed E-state index contributed by atoms with van der Waals surface area (Å²) in [6.07, 6.45) is 10.3. The van der Waals surface area contributed by atoms with Gasteiger partial charge in [0.2, 0.25) is 0 Å². The third-order valence-electron chi connectivity index (χ3n) is 5.15. The normalized spacial score (nSPS) is 25.7. The molecule has 0 spiro atoms. The quantitative estimate of drug-likeness (QED) is 0.618. The maximum atomic E-state index is 6.22. The highest BCUT2D eigenvalue weighted by molar-refractivity contribution is 5.78. The van der Waals surface area contributed by atoms with Gasteiger partial charge >= 0.3 is 0 Å². The first-order chi connectivity index (χ1) is 8.69. The molecule has 2 fully saturated rings. The van der Waals surface area contributed by atoms with Gasteiger partial charge in [0.1, 0.15) is 0 Å². The molecule has 0 aromatic rings. The van der Waals surface area contributed by atoms with Crippen LogP contribution in [-0.2, 0) is 0 Å². The smallest absolute Gasteiger partial charge is 0.191 e. The van der Waals surface area contributed by atoms with E-state index in [1.807, 2.05) is 0 Å². The van der Waals surface area contributed by atoms with Crippen molar-refractivity contribution in [3.05, 3.63) is 0 Å². The minimum absolute atomic E-state index is 0.493. The molecular weight excluding hydrogens is 222 g/mol. The summed E-state index contributed by atoms with van der Waals surface area (Å²) in [6, 6.07) is 0.497. The van der Waals surface area contributed by atoms with Crippen molar-refractivity contribution in [1.82, 2.24) is 4.90 Å². The molecule has 18 heavy (non-hydrogen) atoms. The number of likely N-dealkylation sites (tertiary alicyclic amines) is 1. The molecule has 0 bridgehead atoms. The van der Waals surface area contributed by atoms with Crippen molar-refractivity contribution in [3.63, 3.8) is 0 Å². The van der Waals surface area contributed by atoms with Gasteiger partial charge < -0.3 is 10.6 Å². The average Bonchev–Trinajstić information content (AvgIpc) is 2.85. The van der Waals surface area contributed by atoms with Crippen molar-refractivity contribution in [1.29, 1.82) is 0 Å². The zero-order valence-corrected chi connectivity index (χ0v) is 12.1. The number of nitrogens with two attached hydrogens (primary N) is 1. The van der Waals surface area contributed by atoms with E-state index in [9.17, 15) is 0 Å². The number of guanidine groups is 1. The predicted octanol–water partition coefficient (Wildman–Crippen LogP) is 3.15. The summed E-state index contributed by atoms with van der Waals surface area (Å²) in [7, 11) is 0. The topological polar surface area (TPSA) is 41.6 Å². The van der Waals surface area contributed by atoms with Crippen molar-refractivity contribution in [3.8, 4) is 0 Å². The van der Waals surface area contributed by atoms with Crippen LogP contribution in [0.5, 0.6) is 0 Å². The highest BCUT2D eigenvalue weighted by Crippen LogP contribution is 2.36. The minimum Gasteiger partial charge on any atom is -0.370 e. The SMILES string of the molecule is CCC1(CC)CCN(C(N)=NC2CCCCC2)C1. The molecular formula is C15H29N3. The first kappa shape index (κ1) is 13.7. The molecule has 1 saturated carbocycles. The van der Waals surface area contributed by atoms with Crippen molar-refractivity contribution < 1.29 is 0 Å². The zero-order valence-electron chi connectivity index (χ0n) is 12.1. The Kier molecular flexibility index (Phi) is 4.52. The number of hydrogen-bond acceptors (Lipinski definition) is 1. The molecule has 3 nitrogen and oxygen atoms in total. The highest BCUT2D eigenvalue weighted by Gasteiger charge is 2.35. The van der Waals surface area contributed by atoms with Crippen molar-refractivity contribution in [2.45, 2.75) is 71.3 Å². The summed E-state index contributed by atoms with van der Waals surface area (Å²) in [6.45, 7) is 6.83. The standard InChI is InChI=1S/C15H29N3/c1-3-15(4-2)10-11-18(12-15)14(16)17-13-8-6-5-7-9-13/h13H,3-12H2,1-2H3,(H2,16,17). The molecule has 1 aliphatic carbocycles. The molecule has 0 unspecified atom stereocenters. The zero-order chi connectivity index (χ0) is 13.0. The van der Waals surface area contributed by atoms with Crippen LogP contribution in [0.25, 0.3) is 0 Å². The van der Waals surface area contributed by atoms with Gasteiger partial charge in [-0.1, -0.05) is 33.1 Å². The molecule has 0 amide bonds. The molecule has 1 heterocycles. The summed E-state index contributed by atoms with van der Waals surface area (Å²) in [5, 5.41) is 0. The fourth-order valence-electron chi connectivity index (χ4n) is 3.44. The van der Waals surface area contributed by atoms with Gasteiger partial charge in [-0.05, 0) is 37.5 Å². The first-order valence-corrected chi connectivity index (χ1v) is 7.77. The van der Waals surface area contributed by atoms with Crippen LogP contribution in [0.2, 0.25) is 0 Å². The first-order valence-electron chi connectivity index (χ1n) is 7.77. The van der Waals surface area contributed by atoms with Crippen LogP contribution < -0.4 is 5.73 Å². The third-order valence-corrected chi connectivity index (χ3v) is 5.15. The molecule has 0 aromatic carbocycles. The van der Waals surface area contributed by atoms with E-state index in [0.29, 0.717) is 11.5 Å². The van der Waals surface area contributed by atoms with Crippen LogP contribution in [0, 0.1) is 5.41 Å². The van der Waals surface area contributed by atoms with Crippen LogP contribution in [0.15, 0.2) is 4.99 Å². The molecule has 0 atom stereocenters. The van der Waals surface area contributed by atoms with Crippen LogP contribution in [0.1, 0.15) is 65.2 Å². The second-order valence-corrected chi connectivity index (χ2v) is 6.16. The Morgan fingerprint density at radius 3 is 2.44 bits per heavy atom. The van der Waals surface area contributed by atoms with Gasteiger partial charge in [-0.2, -0.15) is 0 Å². The van der Waals surface area contributed by atoms with E-state index >= 15 is 0 Å². The Hall–Kier alpha value is -0.730. The van der Waals surface area contributed by atoms with Crippen molar-refractivity contribution in [2.24, 2.45) is 16.1 Å². The van der Waals surface area contributed by atoms with E-state index in [2.05, 4.69) is 18.7 Å². The van der Waals surface area contributed by atoms with Crippen LogP contribution >= 0.6 is 0 Å². The van der Waals surface area contributed by atoms with Crippen molar-refractivity contribution >= 4 is 5.96 Å². The van der Waals surface area contributed by atoms with E-state index < -0.39 is 0 Å². The fraction of sp³-hybridized carbons (Fsp3) is 0.933. The maximum absolute atomic E-state index is 6.22. The van der Waals surface area contributed by atoms with Gasteiger partial charge in [-0.3, -0.25) is 0 Å². The Labute approximate surface area is 112 Å². The Morgan fingerprint density at radius 1 is 1.22 bits per heavy atom. The lowest BCUT2D eigenvalue weighted by Gasteiger charge is -2.27. The second kappa shape index (κ2) is 5.94. The van der Waals surface area contributed by atoms with E-state index in [4.69, 9.17) is 10.7 Å². The summed E-state index contributed by atoms with van der Waals surface area (Å²) < 4.78 is 0. The van der Waals surface area contributed by atoms with Crippen LogP contribution in [0.3, 0.4) is 0 Å². The van der Waals surface area contributed by atoms with E-state index in [0.717, 1.165) is 19.0 Å². The molecule has 0 radical (unpaired) electrons. The van der Waals surface area contributed by atoms with Crippen LogP contribution in [0.4, 0.5) is 0 Å². The summed E-state index contributed by atoms with van der Waals surface area (Å²) in [4.78, 5) is 7.09. The number of rotatable bonds is 3. The maximum Gasteiger partial charge on any atom is 0.191 e. The van der Waals surface area contributed by atoms with E-state index in [1.54, 1.807) is 0 Å². The lowest BCUT2D eigenvalue weighted by molar-refractivity contribution is 0.276. The lowest BCUT2D eigenvalue weighted by Crippen LogP contribution is -2.38. The Balaban J connectivity index is 1.93. The summed E-state index contributed by atoms with van der Waals surface area (Å²) >= 11 is 0. The third kappa shape index (κ3) is 2.99. The lowest BCUT2D eigenvalue weighted by atomic mass is 9.82. The van der Waals surface area contributed by atoms with Gasteiger partial charge in [-0.15, -0.1) is 0 Å². The number of aliphatic imine (C=N–C) groups is 1. The Morgan fingerprint density at radius 2 is 1.89 bits per heavy atom. The molecule has 0 aromatic heterocycles. The van der Waals surface area contributed by atoms with E-state index in [-0.39, 0.29) is 0 Å². The van der Waals surface area contributed by atoms with Crippen molar-refractivity contribution in [2.75, 3.05) is 13.1 Å². The van der Waals surface area contributed by atoms with E-state index in [1.165, 1.54) is 51.4 Å². The molecule has 3 heteroatoms. The molecule has 2 N–H and O–H groups in total. The van der Waals surface area contributed by atoms with Gasteiger partial charge in [0.25, 0.3) is 0 Å². The molecule has 1 saturated heterocycles. The summed E-state index contributed by atoms with van der Waals surface area (Å²) in [5.41, 5.74) is 6.71. The average molecular weight is 251 g/mol. The fourth-order valence-corrected chi connectivity index (χ4v) is 3.44. The van der Waals surface area contributed by atoms with Gasteiger partial charge in [-0.25, -0.2) is 4.99 Å². The molecule has 1 aliphatic heterocycles. The predicted molar refractivity (Wildman–Crippen MR) is 77.7 cm³/mol. The molecule has 104 valence electrons.